The van der Waals surface area contributed by atoms with Crippen molar-refractivity contribution in [1.29, 1.82) is 0 Å². The third-order valence-electron chi connectivity index (χ3n) is 13.8. The lowest BCUT2D eigenvalue weighted by Crippen LogP contribution is -2.56. The Kier molecular flexibility index (Phi) is 7.68. The van der Waals surface area contributed by atoms with Crippen molar-refractivity contribution in [2.24, 2.45) is 52.3 Å². The summed E-state index contributed by atoms with van der Waals surface area (Å²) in [4.78, 5) is 29.4. The second-order valence-corrected chi connectivity index (χ2v) is 16.0. The van der Waals surface area contributed by atoms with Gasteiger partial charge < -0.3 is 20.1 Å². The zero-order valence-electron chi connectivity index (χ0n) is 26.8. The molecule has 0 bridgehead atoms. The van der Waals surface area contributed by atoms with Crippen molar-refractivity contribution < 1.29 is 19.1 Å². The number of nitrogens with one attached hydrogen (secondary N) is 2. The van der Waals surface area contributed by atoms with E-state index >= 15 is 0 Å². The highest BCUT2D eigenvalue weighted by atomic mass is 16.7. The smallest absolute Gasteiger partial charge is 0.229 e. The quantitative estimate of drug-likeness (QED) is 0.409. The van der Waals surface area contributed by atoms with Crippen LogP contribution in [0.5, 0.6) is 0 Å². The summed E-state index contributed by atoms with van der Waals surface area (Å²) in [6.45, 7) is 11.1. The van der Waals surface area contributed by atoms with Crippen LogP contribution in [-0.4, -0.2) is 41.3 Å². The fraction of sp³-hybridized carbons (Fsp3) is 0.806. The number of nitrogens with zero attached hydrogens (tertiary/aromatic N) is 1. The Bertz CT molecular complexity index is 1200. The minimum absolute atomic E-state index is 0.121. The van der Waals surface area contributed by atoms with Crippen molar-refractivity contribution in [3.05, 3.63) is 30.1 Å². The Morgan fingerprint density at radius 2 is 1.79 bits per heavy atom. The maximum atomic E-state index is 12.8. The Labute approximate surface area is 258 Å². The van der Waals surface area contributed by atoms with Crippen LogP contribution in [0.2, 0.25) is 0 Å². The summed E-state index contributed by atoms with van der Waals surface area (Å²) in [5, 5.41) is 6.06. The second kappa shape index (κ2) is 11.1. The number of amides is 2. The largest absolute Gasteiger partial charge is 0.353 e. The molecule has 12 atom stereocenters. The van der Waals surface area contributed by atoms with Crippen molar-refractivity contribution in [1.82, 2.24) is 15.6 Å². The van der Waals surface area contributed by atoms with Crippen molar-refractivity contribution in [2.45, 2.75) is 123 Å². The summed E-state index contributed by atoms with van der Waals surface area (Å²) < 4.78 is 13.5. The lowest BCUT2D eigenvalue weighted by Gasteiger charge is -2.61. The maximum Gasteiger partial charge on any atom is 0.229 e. The van der Waals surface area contributed by atoms with Gasteiger partial charge in [0.05, 0.1) is 24.9 Å². The van der Waals surface area contributed by atoms with E-state index in [1.807, 2.05) is 18.2 Å². The van der Waals surface area contributed by atoms with Gasteiger partial charge in [-0.1, -0.05) is 33.8 Å². The molecule has 4 saturated carbocycles. The summed E-state index contributed by atoms with van der Waals surface area (Å²) in [7, 11) is 0. The predicted octanol–water partition coefficient (Wildman–Crippen LogP) is 6.02. The number of aromatic nitrogens is 1. The van der Waals surface area contributed by atoms with Gasteiger partial charge in [0.15, 0.2) is 5.79 Å². The normalized spacial score (nSPS) is 46.7. The molecule has 236 valence electrons. The molecule has 1 aromatic heterocycles. The number of carbonyl (C=O) groups excluding carboxylic acids is 2. The lowest BCUT2D eigenvalue weighted by atomic mass is 9.44. The average molecular weight is 592 g/mol. The molecule has 1 aromatic rings. The van der Waals surface area contributed by atoms with Crippen LogP contribution in [0.3, 0.4) is 0 Å². The molecule has 6 aliphatic rings. The first-order valence-corrected chi connectivity index (χ1v) is 17.4. The van der Waals surface area contributed by atoms with Gasteiger partial charge in [-0.25, -0.2) is 0 Å². The summed E-state index contributed by atoms with van der Waals surface area (Å²) in [5.74, 6) is 3.95. The summed E-state index contributed by atoms with van der Waals surface area (Å²) in [6.07, 6.45) is 13.9. The molecule has 0 radical (unpaired) electrons. The fourth-order valence-electron chi connectivity index (χ4n) is 11.6. The second-order valence-electron chi connectivity index (χ2n) is 16.0. The predicted molar refractivity (Wildman–Crippen MR) is 164 cm³/mol. The van der Waals surface area contributed by atoms with E-state index in [9.17, 15) is 9.59 Å². The minimum Gasteiger partial charge on any atom is -0.353 e. The molecular formula is C36H53N3O4. The van der Waals surface area contributed by atoms with Crippen LogP contribution in [0.25, 0.3) is 0 Å². The Balaban J connectivity index is 0.952. The number of fused-ring (bicyclic) bond motifs is 7. The molecule has 2 aliphatic heterocycles. The van der Waals surface area contributed by atoms with E-state index < -0.39 is 0 Å². The van der Waals surface area contributed by atoms with Crippen LogP contribution >= 0.6 is 0 Å². The molecular weight excluding hydrogens is 538 g/mol. The Morgan fingerprint density at radius 1 is 0.953 bits per heavy atom. The van der Waals surface area contributed by atoms with E-state index in [1.165, 1.54) is 44.9 Å². The average Bonchev–Trinajstić information content (AvgIpc) is 3.44. The zero-order chi connectivity index (χ0) is 30.0. The van der Waals surface area contributed by atoms with Crippen molar-refractivity contribution in [3.63, 3.8) is 0 Å². The van der Waals surface area contributed by atoms with Gasteiger partial charge in [0.25, 0.3) is 0 Å². The van der Waals surface area contributed by atoms with Gasteiger partial charge in [0.2, 0.25) is 11.8 Å². The van der Waals surface area contributed by atoms with Crippen LogP contribution in [0.15, 0.2) is 24.4 Å². The molecule has 4 aliphatic carbocycles. The molecule has 0 unspecified atom stereocenters. The molecule has 7 heteroatoms. The molecule has 2 amide bonds. The molecule has 0 aromatic carbocycles. The van der Waals surface area contributed by atoms with E-state index in [1.54, 1.807) is 6.20 Å². The van der Waals surface area contributed by atoms with Crippen molar-refractivity contribution in [2.75, 3.05) is 6.61 Å². The van der Waals surface area contributed by atoms with Gasteiger partial charge in [0.1, 0.15) is 6.42 Å². The zero-order valence-corrected chi connectivity index (χ0v) is 26.8. The number of rotatable bonds is 5. The third-order valence-corrected chi connectivity index (χ3v) is 13.8. The van der Waals surface area contributed by atoms with E-state index in [-0.39, 0.29) is 30.1 Å². The fourth-order valence-corrected chi connectivity index (χ4v) is 11.6. The van der Waals surface area contributed by atoms with Crippen molar-refractivity contribution in [3.8, 4) is 0 Å². The summed E-state index contributed by atoms with van der Waals surface area (Å²) >= 11 is 0. The molecule has 7 nitrogen and oxygen atoms in total. The maximum absolute atomic E-state index is 12.8. The standard InChI is InChI=1S/C36H53N3O4/c1-22-10-15-36(42-21-22)23(2)33-30(43-36)18-29-27-9-8-24-17-25(11-13-34(24,3)28(27)12-14-35(29,33)4)39-32(41)19-31(40)38-20-26-7-5-6-16-37-26/h5-7,16,22-25,27-30,33H,8-15,17-21H2,1-4H3,(H,38,40)(H,39,41)/t22-,23-,24+,25-,27+,28-,29-,30-,33-,34-,35-,36+/m0/s1. The highest BCUT2D eigenvalue weighted by Crippen LogP contribution is 2.71. The molecule has 6 fully saturated rings. The third kappa shape index (κ3) is 5.05. The molecule has 1 spiro atoms. The van der Waals surface area contributed by atoms with Gasteiger partial charge in [-0.3, -0.25) is 14.6 Å². The highest BCUT2D eigenvalue weighted by molar-refractivity contribution is 5.96. The van der Waals surface area contributed by atoms with E-state index in [4.69, 9.17) is 9.47 Å². The Morgan fingerprint density at radius 3 is 2.56 bits per heavy atom. The van der Waals surface area contributed by atoms with E-state index in [0.29, 0.717) is 47.2 Å². The molecule has 3 heterocycles. The number of hydrogen-bond acceptors (Lipinski definition) is 5. The molecule has 7 rings (SSSR count). The molecule has 43 heavy (non-hydrogen) atoms. The van der Waals surface area contributed by atoms with Gasteiger partial charge >= 0.3 is 0 Å². The van der Waals surface area contributed by atoms with E-state index in [0.717, 1.165) is 49.3 Å². The van der Waals surface area contributed by atoms with Crippen LogP contribution in [0.4, 0.5) is 0 Å². The number of pyridine rings is 1. The van der Waals surface area contributed by atoms with Crippen LogP contribution in [0.1, 0.15) is 104 Å². The van der Waals surface area contributed by atoms with Gasteiger partial charge in [-0.15, -0.1) is 0 Å². The Hall–Kier alpha value is -1.99. The van der Waals surface area contributed by atoms with Crippen LogP contribution in [-0.2, 0) is 25.6 Å². The van der Waals surface area contributed by atoms with Crippen LogP contribution in [0, 0.1) is 52.3 Å². The summed E-state index contributed by atoms with van der Waals surface area (Å²) in [5.41, 5.74) is 1.49. The molecule has 2 N–H and O–H groups in total. The number of hydrogen-bond donors (Lipinski definition) is 2. The first-order valence-electron chi connectivity index (χ1n) is 17.4. The number of ether oxygens (including phenoxy) is 2. The first-order chi connectivity index (χ1) is 20.6. The minimum atomic E-state index is -0.334. The topological polar surface area (TPSA) is 89.5 Å². The highest BCUT2D eigenvalue weighted by Gasteiger charge is 2.69. The lowest BCUT2D eigenvalue weighted by molar-refractivity contribution is -0.273. The molecule has 2 saturated heterocycles. The SMILES string of the molecule is C[C@H]1CC[C@@]2(OC1)O[C@H]1C[C@H]3[C@@H]4CC[C@@H]5C[C@@H](NC(=O)CC(=O)NCc6ccccn6)CC[C@]5(C)[C@H]4CC[C@]3(C)[C@H]1[C@@H]2C. The van der Waals surface area contributed by atoms with E-state index in [2.05, 4.69) is 43.3 Å². The van der Waals surface area contributed by atoms with Crippen LogP contribution < -0.4 is 10.6 Å². The summed E-state index contributed by atoms with van der Waals surface area (Å²) in [6, 6.07) is 5.79. The monoisotopic (exact) mass is 591 g/mol. The first kappa shape index (κ1) is 29.7. The van der Waals surface area contributed by atoms with Gasteiger partial charge in [-0.2, -0.15) is 0 Å². The van der Waals surface area contributed by atoms with Crippen molar-refractivity contribution >= 4 is 11.8 Å². The number of carbonyl (C=O) groups is 2. The van der Waals surface area contributed by atoms with Gasteiger partial charge in [0, 0.05) is 24.6 Å². The van der Waals surface area contributed by atoms with Gasteiger partial charge in [-0.05, 0) is 116 Å².